The molecule has 0 spiro atoms. The maximum Gasteiger partial charge on any atom is 0.259 e. The summed E-state index contributed by atoms with van der Waals surface area (Å²) in [4.78, 5) is 12.4. The lowest BCUT2D eigenvalue weighted by Gasteiger charge is -2.14. The molecule has 0 aliphatic heterocycles. The Morgan fingerprint density at radius 1 is 1.00 bits per heavy atom. The van der Waals surface area contributed by atoms with Gasteiger partial charge in [0, 0.05) is 17.8 Å². The van der Waals surface area contributed by atoms with Crippen LogP contribution in [0.1, 0.15) is 10.4 Å². The standard InChI is InChI=1S/C16H15ClFNO4/c1-21-13-8-15(23-3)14(22-2)7-10(13)16(20)19-9-4-5-11(17)12(18)6-9/h4-8H,1-3H3,(H,19,20). The van der Waals surface area contributed by atoms with E-state index >= 15 is 0 Å². The molecule has 0 aliphatic rings. The Labute approximate surface area is 137 Å². The third-order valence-corrected chi connectivity index (χ3v) is 3.43. The van der Waals surface area contributed by atoms with Crippen molar-refractivity contribution in [1.29, 1.82) is 0 Å². The summed E-state index contributed by atoms with van der Waals surface area (Å²) in [5.74, 6) is 0.00188. The predicted octanol–water partition coefficient (Wildman–Crippen LogP) is 3.76. The molecule has 122 valence electrons. The molecule has 0 radical (unpaired) electrons. The third kappa shape index (κ3) is 3.65. The normalized spacial score (nSPS) is 10.1. The first kappa shape index (κ1) is 16.9. The summed E-state index contributed by atoms with van der Waals surface area (Å²) in [5, 5.41) is 2.55. The van der Waals surface area contributed by atoms with Crippen LogP contribution in [0.3, 0.4) is 0 Å². The fraction of sp³-hybridized carbons (Fsp3) is 0.188. The molecular formula is C16H15ClFNO4. The van der Waals surface area contributed by atoms with E-state index in [1.54, 1.807) is 0 Å². The number of methoxy groups -OCH3 is 3. The van der Waals surface area contributed by atoms with Gasteiger partial charge in [0.1, 0.15) is 11.6 Å². The zero-order valence-corrected chi connectivity index (χ0v) is 13.5. The summed E-state index contributed by atoms with van der Waals surface area (Å²) >= 11 is 5.62. The van der Waals surface area contributed by atoms with Gasteiger partial charge in [-0.25, -0.2) is 4.39 Å². The first-order chi connectivity index (χ1) is 11.0. The van der Waals surface area contributed by atoms with Crippen molar-refractivity contribution < 1.29 is 23.4 Å². The van der Waals surface area contributed by atoms with E-state index in [-0.39, 0.29) is 16.3 Å². The lowest BCUT2D eigenvalue weighted by Crippen LogP contribution is -2.14. The minimum atomic E-state index is -0.622. The van der Waals surface area contributed by atoms with Crippen LogP contribution in [0.25, 0.3) is 0 Å². The molecule has 0 saturated carbocycles. The number of amides is 1. The van der Waals surface area contributed by atoms with Crippen LogP contribution in [0.4, 0.5) is 10.1 Å². The van der Waals surface area contributed by atoms with Crippen LogP contribution in [0.5, 0.6) is 17.2 Å². The topological polar surface area (TPSA) is 56.8 Å². The Hall–Kier alpha value is -2.47. The van der Waals surface area contributed by atoms with Gasteiger partial charge in [-0.3, -0.25) is 4.79 Å². The van der Waals surface area contributed by atoms with E-state index in [2.05, 4.69) is 5.32 Å². The first-order valence-corrected chi connectivity index (χ1v) is 6.94. The summed E-state index contributed by atoms with van der Waals surface area (Å²) in [7, 11) is 4.37. The van der Waals surface area contributed by atoms with Crippen LogP contribution < -0.4 is 19.5 Å². The van der Waals surface area contributed by atoms with Gasteiger partial charge in [0.2, 0.25) is 0 Å². The highest BCUT2D eigenvalue weighted by molar-refractivity contribution is 6.30. The Bertz CT molecular complexity index is 736. The second-order valence-electron chi connectivity index (χ2n) is 4.49. The number of rotatable bonds is 5. The highest BCUT2D eigenvalue weighted by Gasteiger charge is 2.18. The van der Waals surface area contributed by atoms with Crippen LogP contribution >= 0.6 is 11.6 Å². The molecule has 0 bridgehead atoms. The number of carbonyl (C=O) groups is 1. The van der Waals surface area contributed by atoms with Crippen molar-refractivity contribution in [3.05, 3.63) is 46.7 Å². The molecule has 2 aromatic carbocycles. The lowest BCUT2D eigenvalue weighted by molar-refractivity contribution is 0.102. The second-order valence-corrected chi connectivity index (χ2v) is 4.90. The molecule has 0 aromatic heterocycles. The van der Waals surface area contributed by atoms with Crippen LogP contribution in [0.2, 0.25) is 5.02 Å². The van der Waals surface area contributed by atoms with Crippen LogP contribution in [0.15, 0.2) is 30.3 Å². The van der Waals surface area contributed by atoms with Crippen molar-refractivity contribution >= 4 is 23.2 Å². The summed E-state index contributed by atoms with van der Waals surface area (Å²) in [6.45, 7) is 0. The van der Waals surface area contributed by atoms with Crippen molar-refractivity contribution in [3.63, 3.8) is 0 Å². The van der Waals surface area contributed by atoms with E-state index in [9.17, 15) is 9.18 Å². The predicted molar refractivity (Wildman–Crippen MR) is 85.5 cm³/mol. The summed E-state index contributed by atoms with van der Waals surface area (Å²) < 4.78 is 29.0. The molecule has 2 rings (SSSR count). The minimum Gasteiger partial charge on any atom is -0.496 e. The van der Waals surface area contributed by atoms with Gasteiger partial charge < -0.3 is 19.5 Å². The van der Waals surface area contributed by atoms with Crippen molar-refractivity contribution in [2.45, 2.75) is 0 Å². The molecule has 0 heterocycles. The Morgan fingerprint density at radius 3 is 2.17 bits per heavy atom. The molecule has 0 atom stereocenters. The zero-order valence-electron chi connectivity index (χ0n) is 12.8. The highest BCUT2D eigenvalue weighted by atomic mass is 35.5. The number of hydrogen-bond acceptors (Lipinski definition) is 4. The third-order valence-electron chi connectivity index (χ3n) is 3.13. The van der Waals surface area contributed by atoms with E-state index < -0.39 is 11.7 Å². The van der Waals surface area contributed by atoms with E-state index in [4.69, 9.17) is 25.8 Å². The molecule has 7 heteroatoms. The van der Waals surface area contributed by atoms with Gasteiger partial charge in [0.25, 0.3) is 5.91 Å². The van der Waals surface area contributed by atoms with Gasteiger partial charge >= 0.3 is 0 Å². The minimum absolute atomic E-state index is 0.0216. The molecular weight excluding hydrogens is 325 g/mol. The lowest BCUT2D eigenvalue weighted by atomic mass is 10.1. The summed E-state index contributed by atoms with van der Waals surface area (Å²) in [5.41, 5.74) is 0.495. The monoisotopic (exact) mass is 339 g/mol. The van der Waals surface area contributed by atoms with Crippen LogP contribution in [0, 0.1) is 5.82 Å². The first-order valence-electron chi connectivity index (χ1n) is 6.56. The quantitative estimate of drug-likeness (QED) is 0.901. The van der Waals surface area contributed by atoms with Gasteiger partial charge in [-0.05, 0) is 18.2 Å². The van der Waals surface area contributed by atoms with Gasteiger partial charge in [-0.1, -0.05) is 11.6 Å². The smallest absolute Gasteiger partial charge is 0.259 e. The number of benzene rings is 2. The number of ether oxygens (including phenoxy) is 3. The Kier molecular flexibility index (Phi) is 5.28. The van der Waals surface area contributed by atoms with E-state index in [1.165, 1.54) is 45.6 Å². The number of nitrogens with one attached hydrogen (secondary N) is 1. The number of hydrogen-bond donors (Lipinski definition) is 1. The maximum atomic E-state index is 13.5. The molecule has 1 N–H and O–H groups in total. The van der Waals surface area contributed by atoms with Crippen molar-refractivity contribution in [1.82, 2.24) is 0 Å². The molecule has 5 nitrogen and oxygen atoms in total. The van der Waals surface area contributed by atoms with E-state index in [0.717, 1.165) is 6.07 Å². The Morgan fingerprint density at radius 2 is 1.61 bits per heavy atom. The number of anilines is 1. The zero-order chi connectivity index (χ0) is 17.0. The van der Waals surface area contributed by atoms with E-state index in [1.807, 2.05) is 0 Å². The van der Waals surface area contributed by atoms with Gasteiger partial charge in [0.15, 0.2) is 11.5 Å². The molecule has 0 fully saturated rings. The molecule has 0 saturated heterocycles. The van der Waals surface area contributed by atoms with Gasteiger partial charge in [-0.2, -0.15) is 0 Å². The molecule has 23 heavy (non-hydrogen) atoms. The van der Waals surface area contributed by atoms with Gasteiger partial charge in [0.05, 0.1) is 31.9 Å². The van der Waals surface area contributed by atoms with Crippen LogP contribution in [-0.2, 0) is 0 Å². The average molecular weight is 340 g/mol. The molecule has 0 aliphatic carbocycles. The number of halogens is 2. The van der Waals surface area contributed by atoms with Crippen molar-refractivity contribution in [3.8, 4) is 17.2 Å². The fourth-order valence-corrected chi connectivity index (χ4v) is 2.10. The Balaban J connectivity index is 2.35. The number of carbonyl (C=O) groups excluding carboxylic acids is 1. The maximum absolute atomic E-state index is 13.5. The van der Waals surface area contributed by atoms with Crippen molar-refractivity contribution in [2.24, 2.45) is 0 Å². The van der Waals surface area contributed by atoms with Gasteiger partial charge in [-0.15, -0.1) is 0 Å². The average Bonchev–Trinajstić information content (AvgIpc) is 2.56. The highest BCUT2D eigenvalue weighted by Crippen LogP contribution is 2.35. The van der Waals surface area contributed by atoms with E-state index in [0.29, 0.717) is 17.2 Å². The molecule has 0 unspecified atom stereocenters. The summed E-state index contributed by atoms with van der Waals surface area (Å²) in [6, 6.07) is 7.01. The molecule has 2 aromatic rings. The van der Waals surface area contributed by atoms with Crippen LogP contribution in [-0.4, -0.2) is 27.2 Å². The second kappa shape index (κ2) is 7.19. The fourth-order valence-electron chi connectivity index (χ4n) is 1.98. The largest absolute Gasteiger partial charge is 0.496 e. The molecule has 1 amide bonds. The van der Waals surface area contributed by atoms with Crippen molar-refractivity contribution in [2.75, 3.05) is 26.6 Å². The SMILES string of the molecule is COc1cc(OC)c(C(=O)Nc2ccc(Cl)c(F)c2)cc1OC. The summed E-state index contributed by atoms with van der Waals surface area (Å²) in [6.07, 6.45) is 0.